The smallest absolute Gasteiger partial charge is 0.307 e. The Morgan fingerprint density at radius 2 is 1.92 bits per heavy atom. The van der Waals surface area contributed by atoms with Crippen molar-refractivity contribution in [1.82, 2.24) is 0 Å². The minimum atomic E-state index is -0.200. The van der Waals surface area contributed by atoms with E-state index in [2.05, 4.69) is 11.7 Å². The van der Waals surface area contributed by atoms with E-state index >= 15 is 0 Å². The van der Waals surface area contributed by atoms with E-state index in [1.165, 1.54) is 26.4 Å². The van der Waals surface area contributed by atoms with Crippen LogP contribution in [0.15, 0.2) is 0 Å². The van der Waals surface area contributed by atoms with Crippen molar-refractivity contribution in [3.8, 4) is 0 Å². The molecule has 0 aliphatic rings. The predicted octanol–water partition coefficient (Wildman–Crippen LogP) is 2.15. The minimum absolute atomic E-state index is 0.200. The Kier molecular flexibility index (Phi) is 9.10. The van der Waals surface area contributed by atoms with E-state index in [4.69, 9.17) is 4.74 Å². The van der Waals surface area contributed by atoms with Gasteiger partial charge in [0.05, 0.1) is 20.1 Å². The first-order chi connectivity index (χ1) is 6.31. The lowest BCUT2D eigenvalue weighted by molar-refractivity contribution is -0.141. The maximum absolute atomic E-state index is 10.6. The summed E-state index contributed by atoms with van der Waals surface area (Å²) in [5.41, 5.74) is 0. The van der Waals surface area contributed by atoms with E-state index in [0.717, 1.165) is 13.0 Å². The maximum atomic E-state index is 10.6. The molecule has 0 heterocycles. The second kappa shape index (κ2) is 9.52. The number of rotatable bonds is 8. The molecule has 0 spiro atoms. The first-order valence-electron chi connectivity index (χ1n) is 4.95. The van der Waals surface area contributed by atoms with Crippen LogP contribution in [0.4, 0.5) is 0 Å². The standard InChI is InChI=1S/C10H20O3/c1-3-4-5-6-8-13-9-7-10(11)12-2/h3-9H2,1-2H3. The van der Waals surface area contributed by atoms with Gasteiger partial charge in [0.1, 0.15) is 0 Å². The summed E-state index contributed by atoms with van der Waals surface area (Å²) in [6.07, 6.45) is 5.18. The van der Waals surface area contributed by atoms with Crippen molar-refractivity contribution in [3.05, 3.63) is 0 Å². The highest BCUT2D eigenvalue weighted by Gasteiger charge is 1.98. The largest absolute Gasteiger partial charge is 0.469 e. The summed E-state index contributed by atoms with van der Waals surface area (Å²) in [6.45, 7) is 3.42. The van der Waals surface area contributed by atoms with E-state index < -0.39 is 0 Å². The molecule has 0 aromatic carbocycles. The molecule has 0 aromatic heterocycles. The zero-order valence-electron chi connectivity index (χ0n) is 8.67. The van der Waals surface area contributed by atoms with Crippen molar-refractivity contribution < 1.29 is 14.3 Å². The molecule has 3 heteroatoms. The van der Waals surface area contributed by atoms with E-state index in [1.807, 2.05) is 0 Å². The van der Waals surface area contributed by atoms with E-state index in [-0.39, 0.29) is 5.97 Å². The summed E-state index contributed by atoms with van der Waals surface area (Å²) >= 11 is 0. The molecule has 0 atom stereocenters. The van der Waals surface area contributed by atoms with Gasteiger partial charge in [-0.2, -0.15) is 0 Å². The summed E-state index contributed by atoms with van der Waals surface area (Å²) in [5.74, 6) is -0.200. The van der Waals surface area contributed by atoms with Crippen molar-refractivity contribution in [2.45, 2.75) is 39.0 Å². The summed E-state index contributed by atoms with van der Waals surface area (Å²) in [4.78, 5) is 10.6. The SMILES string of the molecule is CCCCCCOCCC(=O)OC. The highest BCUT2D eigenvalue weighted by atomic mass is 16.5. The Bertz CT molecular complexity index is 123. The Balaban J connectivity index is 2.95. The topological polar surface area (TPSA) is 35.5 Å². The molecule has 0 N–H and O–H groups in total. The molecule has 0 unspecified atom stereocenters. The average Bonchev–Trinajstić information content (AvgIpc) is 2.16. The van der Waals surface area contributed by atoms with Crippen molar-refractivity contribution in [2.24, 2.45) is 0 Å². The van der Waals surface area contributed by atoms with Crippen LogP contribution in [-0.2, 0) is 14.3 Å². The van der Waals surface area contributed by atoms with Gasteiger partial charge in [0.2, 0.25) is 0 Å². The maximum Gasteiger partial charge on any atom is 0.307 e. The number of methoxy groups -OCH3 is 1. The third-order valence-corrected chi connectivity index (χ3v) is 1.82. The van der Waals surface area contributed by atoms with Crippen LogP contribution in [0, 0.1) is 0 Å². The summed E-state index contributed by atoms with van der Waals surface area (Å²) in [5, 5.41) is 0. The minimum Gasteiger partial charge on any atom is -0.469 e. The second-order valence-corrected chi connectivity index (χ2v) is 3.00. The molecule has 0 radical (unpaired) electrons. The monoisotopic (exact) mass is 188 g/mol. The van der Waals surface area contributed by atoms with E-state index in [0.29, 0.717) is 13.0 Å². The van der Waals surface area contributed by atoms with Crippen LogP contribution in [0.1, 0.15) is 39.0 Å². The van der Waals surface area contributed by atoms with Crippen molar-refractivity contribution in [1.29, 1.82) is 0 Å². The van der Waals surface area contributed by atoms with Gasteiger partial charge in [0.15, 0.2) is 0 Å². The van der Waals surface area contributed by atoms with Crippen LogP contribution < -0.4 is 0 Å². The first-order valence-corrected chi connectivity index (χ1v) is 4.95. The van der Waals surface area contributed by atoms with Crippen molar-refractivity contribution in [3.63, 3.8) is 0 Å². The van der Waals surface area contributed by atoms with Crippen LogP contribution in [0.3, 0.4) is 0 Å². The average molecular weight is 188 g/mol. The summed E-state index contributed by atoms with van der Waals surface area (Å²) < 4.78 is 9.73. The third kappa shape index (κ3) is 9.34. The van der Waals surface area contributed by atoms with Gasteiger partial charge >= 0.3 is 5.97 Å². The third-order valence-electron chi connectivity index (χ3n) is 1.82. The van der Waals surface area contributed by atoms with Crippen LogP contribution >= 0.6 is 0 Å². The highest BCUT2D eigenvalue weighted by Crippen LogP contribution is 1.99. The lowest BCUT2D eigenvalue weighted by Crippen LogP contribution is -2.06. The lowest BCUT2D eigenvalue weighted by Gasteiger charge is -2.02. The molecule has 78 valence electrons. The van der Waals surface area contributed by atoms with Gasteiger partial charge in [0, 0.05) is 6.61 Å². The second-order valence-electron chi connectivity index (χ2n) is 3.00. The molecule has 3 nitrogen and oxygen atoms in total. The molecular formula is C10H20O3. The van der Waals surface area contributed by atoms with E-state index in [1.54, 1.807) is 0 Å². The zero-order valence-corrected chi connectivity index (χ0v) is 8.67. The van der Waals surface area contributed by atoms with Crippen molar-refractivity contribution >= 4 is 5.97 Å². The lowest BCUT2D eigenvalue weighted by atomic mass is 10.2. The van der Waals surface area contributed by atoms with E-state index in [9.17, 15) is 4.79 Å². The molecule has 0 rings (SSSR count). The predicted molar refractivity (Wildman–Crippen MR) is 51.6 cm³/mol. The van der Waals surface area contributed by atoms with Gasteiger partial charge in [0.25, 0.3) is 0 Å². The Labute approximate surface area is 80.4 Å². The van der Waals surface area contributed by atoms with Crippen LogP contribution in [-0.4, -0.2) is 26.3 Å². The first kappa shape index (κ1) is 12.4. The molecule has 0 bridgehead atoms. The highest BCUT2D eigenvalue weighted by molar-refractivity contribution is 5.69. The Morgan fingerprint density at radius 3 is 2.54 bits per heavy atom. The van der Waals surface area contributed by atoms with Gasteiger partial charge in [-0.1, -0.05) is 26.2 Å². The molecule has 0 aromatic rings. The van der Waals surface area contributed by atoms with Crippen LogP contribution in [0.2, 0.25) is 0 Å². The Morgan fingerprint density at radius 1 is 1.15 bits per heavy atom. The molecule has 13 heavy (non-hydrogen) atoms. The van der Waals surface area contributed by atoms with Gasteiger partial charge in [-0.3, -0.25) is 4.79 Å². The van der Waals surface area contributed by atoms with Gasteiger partial charge in [-0.05, 0) is 6.42 Å². The number of carbonyl (C=O) groups excluding carboxylic acids is 1. The fourth-order valence-electron chi connectivity index (χ4n) is 0.991. The van der Waals surface area contributed by atoms with Gasteiger partial charge in [-0.25, -0.2) is 0 Å². The van der Waals surface area contributed by atoms with Crippen LogP contribution in [0.25, 0.3) is 0 Å². The fourth-order valence-corrected chi connectivity index (χ4v) is 0.991. The number of carbonyl (C=O) groups is 1. The Hall–Kier alpha value is -0.570. The number of ether oxygens (including phenoxy) is 2. The molecule has 0 amide bonds. The summed E-state index contributed by atoms with van der Waals surface area (Å²) in [7, 11) is 1.39. The number of hydrogen-bond donors (Lipinski definition) is 0. The summed E-state index contributed by atoms with van der Waals surface area (Å²) in [6, 6.07) is 0. The number of esters is 1. The molecule has 0 saturated carbocycles. The number of hydrogen-bond acceptors (Lipinski definition) is 3. The molecular weight excluding hydrogens is 168 g/mol. The fraction of sp³-hybridized carbons (Fsp3) is 0.900. The molecule has 0 fully saturated rings. The molecule has 0 aliphatic heterocycles. The molecule has 0 saturated heterocycles. The van der Waals surface area contributed by atoms with Crippen LogP contribution in [0.5, 0.6) is 0 Å². The normalized spacial score (nSPS) is 10.0. The van der Waals surface area contributed by atoms with Gasteiger partial charge in [-0.15, -0.1) is 0 Å². The quantitative estimate of drug-likeness (QED) is 0.432. The number of unbranched alkanes of at least 4 members (excludes halogenated alkanes) is 3. The molecule has 0 aliphatic carbocycles. The van der Waals surface area contributed by atoms with Crippen molar-refractivity contribution in [2.75, 3.05) is 20.3 Å². The zero-order chi connectivity index (χ0) is 9.94. The van der Waals surface area contributed by atoms with Gasteiger partial charge < -0.3 is 9.47 Å².